The summed E-state index contributed by atoms with van der Waals surface area (Å²) < 4.78 is 0. The van der Waals surface area contributed by atoms with Crippen LogP contribution in [0.5, 0.6) is 0 Å². The topological polar surface area (TPSA) is 6.48 Å². The van der Waals surface area contributed by atoms with Crippen molar-refractivity contribution in [3.8, 4) is 55.6 Å². The third kappa shape index (κ3) is 8.97. The molecule has 462 valence electrons. The van der Waals surface area contributed by atoms with Gasteiger partial charge in [0.2, 0.25) is 0 Å². The van der Waals surface area contributed by atoms with Crippen molar-refractivity contribution in [2.45, 2.75) is 110 Å². The molecule has 0 radical (unpaired) electrons. The summed E-state index contributed by atoms with van der Waals surface area (Å²) in [6.07, 6.45) is 9.23. The summed E-state index contributed by atoms with van der Waals surface area (Å²) in [5.41, 5.74) is 40.6. The van der Waals surface area contributed by atoms with E-state index in [-0.39, 0.29) is 27.1 Å². The SMILES string of the molecule is Cc1ccc(N(c2ccc3c(c2)C(C)(C)c2ccccc2-3)c2ccc3c(c2)C(C)(C)c2cc(/C=C/c4ccc5c(c4)C(C)(C)c4cc(/C=C/c6ccc7c(c6)C(C)(C)c6cc(N(c8ccc(C)cc8)c8ccc9c(c8)C(C)(C)c8ccccc8-9)ccc6-7)ccc4-5)ccc2-3)cc1. The molecule has 0 fully saturated rings. The fourth-order valence-corrected chi connectivity index (χ4v) is 17.3. The van der Waals surface area contributed by atoms with Gasteiger partial charge in [0.1, 0.15) is 0 Å². The van der Waals surface area contributed by atoms with Crippen molar-refractivity contribution in [2.75, 3.05) is 9.80 Å². The summed E-state index contributed by atoms with van der Waals surface area (Å²) in [4.78, 5) is 4.91. The Morgan fingerprint density at radius 2 is 0.400 bits per heavy atom. The monoisotopic (exact) mass is 1220 g/mol. The number of hydrogen-bond donors (Lipinski definition) is 0. The zero-order valence-corrected chi connectivity index (χ0v) is 56.8. The van der Waals surface area contributed by atoms with Gasteiger partial charge in [0.15, 0.2) is 0 Å². The van der Waals surface area contributed by atoms with Gasteiger partial charge in [-0.1, -0.05) is 275 Å². The molecule has 0 amide bonds. The summed E-state index contributed by atoms with van der Waals surface area (Å²) in [5.74, 6) is 0. The van der Waals surface area contributed by atoms with Crippen LogP contribution in [0.3, 0.4) is 0 Å². The molecular weight excluding hydrogens is 1150 g/mol. The molecule has 95 heavy (non-hydrogen) atoms. The van der Waals surface area contributed by atoms with Gasteiger partial charge in [0.25, 0.3) is 0 Å². The Hall–Kier alpha value is -10.3. The highest BCUT2D eigenvalue weighted by Crippen LogP contribution is 2.57. The molecule has 0 aromatic heterocycles. The lowest BCUT2D eigenvalue weighted by Gasteiger charge is -2.29. The molecule has 0 spiro atoms. The first-order chi connectivity index (χ1) is 45.6. The second kappa shape index (κ2) is 20.9. The Morgan fingerprint density at radius 3 is 0.663 bits per heavy atom. The van der Waals surface area contributed by atoms with E-state index in [2.05, 4.69) is 360 Å². The first kappa shape index (κ1) is 58.5. The zero-order valence-electron chi connectivity index (χ0n) is 56.8. The molecule has 0 saturated heterocycles. The van der Waals surface area contributed by atoms with Crippen molar-refractivity contribution < 1.29 is 0 Å². The molecule has 5 aliphatic rings. The average molecular weight is 1230 g/mol. The van der Waals surface area contributed by atoms with E-state index < -0.39 is 0 Å². The van der Waals surface area contributed by atoms with Crippen LogP contribution < -0.4 is 9.80 Å². The Balaban J connectivity index is 0.611. The van der Waals surface area contributed by atoms with E-state index in [4.69, 9.17) is 0 Å². The maximum Gasteiger partial charge on any atom is 0.0465 e. The van der Waals surface area contributed by atoms with Crippen LogP contribution in [0.25, 0.3) is 79.9 Å². The molecule has 12 aromatic carbocycles. The van der Waals surface area contributed by atoms with E-state index in [1.807, 2.05) is 0 Å². The second-order valence-electron chi connectivity index (χ2n) is 30.4. The highest BCUT2D eigenvalue weighted by atomic mass is 15.1. The normalized spacial score (nSPS) is 15.9. The standard InChI is InChI=1S/C93H80N2/c1-57-21-33-63(34-22-57)94(65-37-45-75-69-17-13-15-19-79(69)89(3,4)85(75)53-65)67-39-47-77-73-43-31-61(51-83(73)92(9,10)87(77)55-67)27-25-59-29-41-71-72-42-30-60(50-82(72)91(7,8)81(71)49-59)26-28-62-32-44-74-78-48-40-68(56-88(78)93(11,12)84(74)52-62)95(64-35-23-58(2)24-36-64)66-38-46-76-70-18-14-16-20-80(70)90(5,6)86(76)54-66/h13-56H,1-12H3/b27-25+,28-26+. The maximum atomic E-state index is 2.46. The van der Waals surface area contributed by atoms with Gasteiger partial charge < -0.3 is 9.80 Å². The number of hydrogen-bond acceptors (Lipinski definition) is 2. The Bertz CT molecular complexity index is 4960. The maximum absolute atomic E-state index is 2.46. The summed E-state index contributed by atoms with van der Waals surface area (Å²) in [5, 5.41) is 0. The summed E-state index contributed by atoms with van der Waals surface area (Å²) in [6.45, 7) is 28.2. The molecule has 17 rings (SSSR count). The fraction of sp³-hybridized carbons (Fsp3) is 0.183. The van der Waals surface area contributed by atoms with E-state index in [0.29, 0.717) is 0 Å². The van der Waals surface area contributed by atoms with Crippen LogP contribution >= 0.6 is 0 Å². The molecule has 0 aliphatic heterocycles. The molecular formula is C93H80N2. The van der Waals surface area contributed by atoms with Crippen LogP contribution in [-0.4, -0.2) is 0 Å². The van der Waals surface area contributed by atoms with Gasteiger partial charge in [0.05, 0.1) is 0 Å². The summed E-state index contributed by atoms with van der Waals surface area (Å²) in [6, 6.07) is 92.7. The molecule has 5 aliphatic carbocycles. The molecule has 0 N–H and O–H groups in total. The number of fused-ring (bicyclic) bond motifs is 15. The van der Waals surface area contributed by atoms with E-state index >= 15 is 0 Å². The lowest BCUT2D eigenvalue weighted by molar-refractivity contribution is 0.659. The van der Waals surface area contributed by atoms with E-state index in [1.165, 1.54) is 167 Å². The van der Waals surface area contributed by atoms with E-state index in [0.717, 1.165) is 11.4 Å². The lowest BCUT2D eigenvalue weighted by Crippen LogP contribution is -2.18. The van der Waals surface area contributed by atoms with Crippen molar-refractivity contribution >= 4 is 58.4 Å². The number of rotatable bonds is 10. The van der Waals surface area contributed by atoms with Gasteiger partial charge in [-0.2, -0.15) is 0 Å². The van der Waals surface area contributed by atoms with Crippen molar-refractivity contribution in [1.29, 1.82) is 0 Å². The van der Waals surface area contributed by atoms with Crippen molar-refractivity contribution in [3.63, 3.8) is 0 Å². The lowest BCUT2D eigenvalue weighted by atomic mass is 9.81. The number of anilines is 6. The van der Waals surface area contributed by atoms with Crippen molar-refractivity contribution in [3.05, 3.63) is 332 Å². The van der Waals surface area contributed by atoms with Crippen LogP contribution in [0.1, 0.15) is 158 Å². The van der Waals surface area contributed by atoms with Gasteiger partial charge in [-0.15, -0.1) is 0 Å². The Labute approximate surface area is 562 Å². The summed E-state index contributed by atoms with van der Waals surface area (Å²) >= 11 is 0. The smallest absolute Gasteiger partial charge is 0.0465 e. The Morgan fingerprint density at radius 1 is 0.200 bits per heavy atom. The molecule has 0 heterocycles. The largest absolute Gasteiger partial charge is 0.310 e. The minimum atomic E-state index is -0.207. The van der Waals surface area contributed by atoms with Gasteiger partial charge in [0, 0.05) is 61.2 Å². The van der Waals surface area contributed by atoms with Crippen molar-refractivity contribution in [1.82, 2.24) is 0 Å². The molecule has 0 bridgehead atoms. The van der Waals surface area contributed by atoms with Crippen LogP contribution in [0.15, 0.2) is 243 Å². The third-order valence-electron chi connectivity index (χ3n) is 22.8. The number of aryl methyl sites for hydroxylation is 2. The minimum Gasteiger partial charge on any atom is -0.310 e. The first-order valence-electron chi connectivity index (χ1n) is 34.1. The van der Waals surface area contributed by atoms with Crippen LogP contribution in [0, 0.1) is 13.8 Å². The van der Waals surface area contributed by atoms with Crippen LogP contribution in [-0.2, 0) is 27.1 Å². The number of nitrogens with zero attached hydrogens (tertiary/aromatic N) is 2. The molecule has 0 unspecified atom stereocenters. The van der Waals surface area contributed by atoms with Gasteiger partial charge >= 0.3 is 0 Å². The van der Waals surface area contributed by atoms with Crippen molar-refractivity contribution in [2.24, 2.45) is 0 Å². The summed E-state index contributed by atoms with van der Waals surface area (Å²) in [7, 11) is 0. The second-order valence-corrected chi connectivity index (χ2v) is 30.4. The minimum absolute atomic E-state index is 0.0974. The highest BCUT2D eigenvalue weighted by Gasteiger charge is 2.41. The van der Waals surface area contributed by atoms with Gasteiger partial charge in [-0.25, -0.2) is 0 Å². The molecule has 12 aromatic rings. The van der Waals surface area contributed by atoms with E-state index in [1.54, 1.807) is 0 Å². The third-order valence-corrected chi connectivity index (χ3v) is 22.8. The van der Waals surface area contributed by atoms with Gasteiger partial charge in [-0.3, -0.25) is 0 Å². The Kier molecular flexibility index (Phi) is 12.9. The van der Waals surface area contributed by atoms with Crippen LogP contribution in [0.4, 0.5) is 34.1 Å². The van der Waals surface area contributed by atoms with E-state index in [9.17, 15) is 0 Å². The molecule has 0 saturated carbocycles. The molecule has 2 nitrogen and oxygen atoms in total. The predicted molar refractivity (Wildman–Crippen MR) is 404 cm³/mol. The number of benzene rings is 12. The molecule has 2 heteroatoms. The van der Waals surface area contributed by atoms with Gasteiger partial charge in [-0.05, 0) is 220 Å². The fourth-order valence-electron chi connectivity index (χ4n) is 17.3. The average Bonchev–Trinajstić information content (AvgIpc) is 1.59. The highest BCUT2D eigenvalue weighted by molar-refractivity contribution is 5.93. The zero-order chi connectivity index (χ0) is 65.2. The molecule has 0 atom stereocenters. The predicted octanol–water partition coefficient (Wildman–Crippen LogP) is 25.1. The quantitative estimate of drug-likeness (QED) is 0.126. The van der Waals surface area contributed by atoms with Crippen LogP contribution in [0.2, 0.25) is 0 Å². The first-order valence-corrected chi connectivity index (χ1v) is 34.1.